The van der Waals surface area contributed by atoms with Gasteiger partial charge in [0.05, 0.1) is 39.5 Å². The molecule has 2 unspecified atom stereocenters. The van der Waals surface area contributed by atoms with Gasteiger partial charge in [-0.2, -0.15) is 0 Å². The van der Waals surface area contributed by atoms with Crippen LogP contribution in [0.2, 0.25) is 0 Å². The molecule has 2 aliphatic heterocycles. The molecular formula is C21H23NO5S. The molecule has 0 saturated carbocycles. The Labute approximate surface area is 168 Å². The van der Waals surface area contributed by atoms with Crippen LogP contribution in [0.15, 0.2) is 30.3 Å². The lowest BCUT2D eigenvalue weighted by atomic mass is 9.77. The highest BCUT2D eigenvalue weighted by molar-refractivity contribution is 7.16. The highest BCUT2D eigenvalue weighted by Gasteiger charge is 2.60. The summed E-state index contributed by atoms with van der Waals surface area (Å²) in [6, 6.07) is 9.84. The van der Waals surface area contributed by atoms with Gasteiger partial charge >= 0.3 is 11.9 Å². The highest BCUT2D eigenvalue weighted by atomic mass is 32.1. The van der Waals surface area contributed by atoms with Crippen molar-refractivity contribution < 1.29 is 23.8 Å². The maximum absolute atomic E-state index is 13.1. The summed E-state index contributed by atoms with van der Waals surface area (Å²) in [4.78, 5) is 29.5. The van der Waals surface area contributed by atoms with Crippen molar-refractivity contribution in [3.8, 4) is 16.2 Å². The average molecular weight is 401 g/mol. The van der Waals surface area contributed by atoms with Crippen molar-refractivity contribution in [2.45, 2.75) is 30.7 Å². The molecule has 7 heteroatoms. The van der Waals surface area contributed by atoms with Crippen molar-refractivity contribution in [3.05, 3.63) is 35.2 Å². The Morgan fingerprint density at radius 1 is 1.21 bits per heavy atom. The lowest BCUT2D eigenvalue weighted by Crippen LogP contribution is -2.49. The third-order valence-corrected chi connectivity index (χ3v) is 7.16. The molecule has 1 saturated heterocycles. The minimum absolute atomic E-state index is 0.0176. The second kappa shape index (κ2) is 7.13. The molecule has 0 radical (unpaired) electrons. The quantitative estimate of drug-likeness (QED) is 0.716. The van der Waals surface area contributed by atoms with Gasteiger partial charge in [0.25, 0.3) is 0 Å². The summed E-state index contributed by atoms with van der Waals surface area (Å²) in [5, 5.41) is 0. The van der Waals surface area contributed by atoms with Crippen LogP contribution >= 0.6 is 11.3 Å². The second-order valence-electron chi connectivity index (χ2n) is 7.09. The molecule has 6 nitrogen and oxygen atoms in total. The SMILES string of the molecule is COC(=O)CC1(C(=O)OC)c2sc(-c3ccccc3OC)cc2N2CCCC21. The van der Waals surface area contributed by atoms with Gasteiger partial charge < -0.3 is 19.1 Å². The van der Waals surface area contributed by atoms with E-state index < -0.39 is 11.4 Å². The van der Waals surface area contributed by atoms with Crippen molar-refractivity contribution in [3.63, 3.8) is 0 Å². The number of fused-ring (bicyclic) bond motifs is 3. The van der Waals surface area contributed by atoms with E-state index in [1.165, 1.54) is 25.6 Å². The molecule has 0 spiro atoms. The Hall–Kier alpha value is -2.54. The van der Waals surface area contributed by atoms with Crippen molar-refractivity contribution >= 4 is 29.0 Å². The summed E-state index contributed by atoms with van der Waals surface area (Å²) in [5.41, 5.74) is 0.957. The van der Waals surface area contributed by atoms with E-state index in [-0.39, 0.29) is 18.4 Å². The number of carbonyl (C=O) groups excluding carboxylic acids is 2. The number of hydrogen-bond acceptors (Lipinski definition) is 7. The Morgan fingerprint density at radius 2 is 2.00 bits per heavy atom. The monoisotopic (exact) mass is 401 g/mol. The molecule has 0 aliphatic carbocycles. The maximum Gasteiger partial charge on any atom is 0.319 e. The first-order valence-corrected chi connectivity index (χ1v) is 10.1. The van der Waals surface area contributed by atoms with Crippen LogP contribution in [0.1, 0.15) is 24.1 Å². The fraction of sp³-hybridized carbons (Fsp3) is 0.429. The third-order valence-electron chi connectivity index (χ3n) is 5.82. The Kier molecular flexibility index (Phi) is 4.79. The molecule has 4 rings (SSSR count). The number of rotatable bonds is 5. The molecule has 0 bridgehead atoms. The Bertz CT molecular complexity index is 923. The van der Waals surface area contributed by atoms with E-state index in [9.17, 15) is 9.59 Å². The molecule has 148 valence electrons. The van der Waals surface area contributed by atoms with Gasteiger partial charge in [-0.05, 0) is 31.0 Å². The summed E-state index contributed by atoms with van der Waals surface area (Å²) in [7, 11) is 4.38. The van der Waals surface area contributed by atoms with Crippen LogP contribution in [-0.2, 0) is 24.5 Å². The van der Waals surface area contributed by atoms with Gasteiger partial charge in [0.15, 0.2) is 0 Å². The number of thiophene rings is 1. The molecule has 2 aromatic rings. The number of ether oxygens (including phenoxy) is 3. The van der Waals surface area contributed by atoms with E-state index in [0.717, 1.165) is 46.1 Å². The molecule has 0 N–H and O–H groups in total. The fourth-order valence-corrected chi connectivity index (χ4v) is 6.02. The number of benzene rings is 1. The smallest absolute Gasteiger partial charge is 0.319 e. The Balaban J connectivity index is 1.89. The van der Waals surface area contributed by atoms with E-state index >= 15 is 0 Å². The third kappa shape index (κ3) is 2.60. The van der Waals surface area contributed by atoms with Gasteiger partial charge in [0.2, 0.25) is 0 Å². The van der Waals surface area contributed by atoms with Crippen LogP contribution in [0.25, 0.3) is 10.4 Å². The van der Waals surface area contributed by atoms with E-state index in [1.807, 2.05) is 24.3 Å². The van der Waals surface area contributed by atoms with Crippen LogP contribution < -0.4 is 9.64 Å². The molecule has 2 aliphatic rings. The first-order chi connectivity index (χ1) is 13.6. The van der Waals surface area contributed by atoms with Crippen LogP contribution in [0.3, 0.4) is 0 Å². The van der Waals surface area contributed by atoms with Crippen LogP contribution in [0.5, 0.6) is 5.75 Å². The summed E-state index contributed by atoms with van der Waals surface area (Å²) in [5.74, 6) is -0.00338. The minimum atomic E-state index is -1.03. The molecule has 3 heterocycles. The largest absolute Gasteiger partial charge is 0.496 e. The van der Waals surface area contributed by atoms with Crippen molar-refractivity contribution in [1.82, 2.24) is 0 Å². The molecule has 1 fully saturated rings. The van der Waals surface area contributed by atoms with Crippen LogP contribution in [0.4, 0.5) is 5.69 Å². The highest BCUT2D eigenvalue weighted by Crippen LogP contribution is 2.57. The zero-order valence-corrected chi connectivity index (χ0v) is 17.0. The van der Waals surface area contributed by atoms with Gasteiger partial charge in [-0.3, -0.25) is 9.59 Å². The second-order valence-corrected chi connectivity index (χ2v) is 8.14. The number of para-hydroxylation sites is 1. The van der Waals surface area contributed by atoms with Gasteiger partial charge in [0.1, 0.15) is 11.2 Å². The maximum atomic E-state index is 13.1. The molecule has 2 atom stereocenters. The summed E-state index contributed by atoms with van der Waals surface area (Å²) >= 11 is 1.53. The van der Waals surface area contributed by atoms with Gasteiger partial charge in [-0.1, -0.05) is 12.1 Å². The number of esters is 2. The zero-order chi connectivity index (χ0) is 19.9. The molecule has 1 aromatic heterocycles. The number of hydrogen-bond donors (Lipinski definition) is 0. The van der Waals surface area contributed by atoms with Crippen molar-refractivity contribution in [2.75, 3.05) is 32.8 Å². The fourth-order valence-electron chi connectivity index (χ4n) is 4.60. The van der Waals surface area contributed by atoms with E-state index in [4.69, 9.17) is 14.2 Å². The van der Waals surface area contributed by atoms with Crippen molar-refractivity contribution in [1.29, 1.82) is 0 Å². The number of carbonyl (C=O) groups is 2. The molecular weight excluding hydrogens is 378 g/mol. The number of methoxy groups -OCH3 is 3. The summed E-state index contributed by atoms with van der Waals surface area (Å²) < 4.78 is 15.7. The molecule has 0 amide bonds. The summed E-state index contributed by atoms with van der Waals surface area (Å²) in [6.45, 7) is 0.861. The van der Waals surface area contributed by atoms with E-state index in [0.29, 0.717) is 0 Å². The minimum Gasteiger partial charge on any atom is -0.496 e. The van der Waals surface area contributed by atoms with Gasteiger partial charge in [0, 0.05) is 21.9 Å². The standard InChI is InChI=1S/C21H23NO5S/c1-25-15-8-5-4-7-13(15)16-11-14-19(28-16)21(20(24)27-3,12-18(23)26-2)17-9-6-10-22(14)17/h4-5,7-8,11,17H,6,9-10,12H2,1-3H3. The van der Waals surface area contributed by atoms with Crippen molar-refractivity contribution in [2.24, 2.45) is 0 Å². The Morgan fingerprint density at radius 3 is 2.71 bits per heavy atom. The van der Waals surface area contributed by atoms with Crippen LogP contribution in [0, 0.1) is 0 Å². The first-order valence-electron chi connectivity index (χ1n) is 9.26. The van der Waals surface area contributed by atoms with Crippen LogP contribution in [-0.4, -0.2) is 45.9 Å². The van der Waals surface area contributed by atoms with Gasteiger partial charge in [-0.15, -0.1) is 11.3 Å². The normalized spacial score (nSPS) is 22.5. The predicted molar refractivity (Wildman–Crippen MR) is 107 cm³/mol. The lowest BCUT2D eigenvalue weighted by molar-refractivity contribution is -0.154. The summed E-state index contributed by atoms with van der Waals surface area (Å²) in [6.07, 6.45) is 1.80. The zero-order valence-electron chi connectivity index (χ0n) is 16.2. The van der Waals surface area contributed by atoms with E-state index in [2.05, 4.69) is 11.0 Å². The van der Waals surface area contributed by atoms with E-state index in [1.54, 1.807) is 7.11 Å². The molecule has 28 heavy (non-hydrogen) atoms. The number of nitrogens with zero attached hydrogens (tertiary/aromatic N) is 1. The van der Waals surface area contributed by atoms with Gasteiger partial charge in [-0.25, -0.2) is 0 Å². The molecule has 1 aromatic carbocycles. The number of anilines is 1. The first kappa shape index (κ1) is 18.8. The predicted octanol–water partition coefficient (Wildman–Crippen LogP) is 3.38. The lowest BCUT2D eigenvalue weighted by Gasteiger charge is -2.32. The average Bonchev–Trinajstić information content (AvgIpc) is 3.42. The topological polar surface area (TPSA) is 65.1 Å².